The minimum absolute atomic E-state index is 0.00804. The number of H-pyrrole nitrogens is 1. The first-order valence-corrected chi connectivity index (χ1v) is 7.38. The average molecular weight is 270 g/mol. The van der Waals surface area contributed by atoms with E-state index in [0.29, 0.717) is 12.0 Å². The zero-order chi connectivity index (χ0) is 13.9. The van der Waals surface area contributed by atoms with Gasteiger partial charge in [0, 0.05) is 41.1 Å². The third kappa shape index (κ3) is 1.59. The van der Waals surface area contributed by atoms with Gasteiger partial charge in [-0.1, -0.05) is 12.1 Å². The fourth-order valence-corrected chi connectivity index (χ4v) is 4.36. The van der Waals surface area contributed by atoms with Crippen LogP contribution in [0.2, 0.25) is 0 Å². The topological polar surface area (TPSA) is 57.1 Å². The number of fused-ring (bicyclic) bond motifs is 2. The Bertz CT molecular complexity index is 662. The van der Waals surface area contributed by atoms with E-state index in [4.69, 9.17) is 5.84 Å². The number of likely N-dealkylation sites (tertiary alicyclic amines) is 1. The van der Waals surface area contributed by atoms with Crippen LogP contribution >= 0.6 is 0 Å². The molecule has 3 atom stereocenters. The lowest BCUT2D eigenvalue weighted by Gasteiger charge is -2.50. The van der Waals surface area contributed by atoms with Gasteiger partial charge in [0.25, 0.3) is 0 Å². The number of rotatable bonds is 1. The molecule has 0 saturated carbocycles. The first-order chi connectivity index (χ1) is 9.61. The maximum Gasteiger partial charge on any atom is 0.0459 e. The van der Waals surface area contributed by atoms with E-state index in [-0.39, 0.29) is 5.54 Å². The number of piperidine rings is 1. The SMILES string of the molecule is CN1C[C@](C)(NN)C[C@@H]2c3cccc4[nH]cc(c34)C[C@H]21. The molecule has 0 bridgehead atoms. The summed E-state index contributed by atoms with van der Waals surface area (Å²) in [5, 5.41) is 1.45. The third-order valence-corrected chi connectivity index (χ3v) is 5.30. The number of hydrogen-bond acceptors (Lipinski definition) is 3. The molecule has 0 spiro atoms. The maximum atomic E-state index is 5.81. The predicted octanol–water partition coefficient (Wildman–Crippen LogP) is 1.73. The van der Waals surface area contributed by atoms with Crippen LogP contribution in [0.1, 0.15) is 30.4 Å². The molecule has 20 heavy (non-hydrogen) atoms. The molecule has 2 aromatic rings. The van der Waals surface area contributed by atoms with Crippen molar-refractivity contribution < 1.29 is 0 Å². The van der Waals surface area contributed by atoms with E-state index in [1.165, 1.54) is 22.0 Å². The summed E-state index contributed by atoms with van der Waals surface area (Å²) in [4.78, 5) is 5.90. The molecular weight excluding hydrogens is 248 g/mol. The fourth-order valence-electron chi connectivity index (χ4n) is 4.36. The Balaban J connectivity index is 1.87. The number of likely N-dealkylation sites (N-methyl/N-ethyl adjacent to an activating group) is 1. The Hall–Kier alpha value is -1.36. The zero-order valence-corrected chi connectivity index (χ0v) is 12.1. The van der Waals surface area contributed by atoms with Gasteiger partial charge < -0.3 is 9.88 Å². The van der Waals surface area contributed by atoms with Crippen LogP contribution < -0.4 is 11.3 Å². The Morgan fingerprint density at radius 3 is 3.10 bits per heavy atom. The van der Waals surface area contributed by atoms with E-state index in [2.05, 4.69) is 53.7 Å². The minimum Gasteiger partial charge on any atom is -0.361 e. The van der Waals surface area contributed by atoms with Gasteiger partial charge >= 0.3 is 0 Å². The molecule has 0 radical (unpaired) electrons. The summed E-state index contributed by atoms with van der Waals surface area (Å²) >= 11 is 0. The summed E-state index contributed by atoms with van der Waals surface area (Å²) in [6.07, 6.45) is 4.42. The highest BCUT2D eigenvalue weighted by Crippen LogP contribution is 2.44. The van der Waals surface area contributed by atoms with Crippen LogP contribution in [0, 0.1) is 0 Å². The Morgan fingerprint density at radius 1 is 1.45 bits per heavy atom. The smallest absolute Gasteiger partial charge is 0.0459 e. The first kappa shape index (κ1) is 12.4. The van der Waals surface area contributed by atoms with E-state index < -0.39 is 0 Å². The van der Waals surface area contributed by atoms with Gasteiger partial charge in [0.2, 0.25) is 0 Å². The lowest BCUT2D eigenvalue weighted by molar-refractivity contribution is 0.0806. The van der Waals surface area contributed by atoms with Crippen LogP contribution in [0.25, 0.3) is 10.9 Å². The fraction of sp³-hybridized carbons (Fsp3) is 0.500. The van der Waals surface area contributed by atoms with Crippen LogP contribution in [0.3, 0.4) is 0 Å². The number of nitrogens with one attached hydrogen (secondary N) is 2. The number of nitrogens with two attached hydrogens (primary N) is 1. The van der Waals surface area contributed by atoms with Crippen molar-refractivity contribution in [3.8, 4) is 0 Å². The highest BCUT2D eigenvalue weighted by Gasteiger charge is 2.43. The minimum atomic E-state index is -0.00804. The van der Waals surface area contributed by atoms with E-state index in [1.54, 1.807) is 0 Å². The average Bonchev–Trinajstić information content (AvgIpc) is 2.85. The van der Waals surface area contributed by atoms with Crippen molar-refractivity contribution in [2.75, 3.05) is 13.6 Å². The number of hydrogen-bond donors (Lipinski definition) is 3. The summed E-state index contributed by atoms with van der Waals surface area (Å²) < 4.78 is 0. The summed E-state index contributed by atoms with van der Waals surface area (Å²) in [5.74, 6) is 6.37. The highest BCUT2D eigenvalue weighted by atomic mass is 15.3. The van der Waals surface area contributed by atoms with Gasteiger partial charge in [0.15, 0.2) is 0 Å². The molecule has 1 saturated heterocycles. The van der Waals surface area contributed by atoms with Crippen LogP contribution in [0.15, 0.2) is 24.4 Å². The predicted molar refractivity (Wildman–Crippen MR) is 81.5 cm³/mol. The largest absolute Gasteiger partial charge is 0.361 e. The van der Waals surface area contributed by atoms with Gasteiger partial charge in [0.1, 0.15) is 0 Å². The van der Waals surface area contributed by atoms with E-state index in [0.717, 1.165) is 19.4 Å². The molecule has 1 aliphatic heterocycles. The molecule has 1 aliphatic carbocycles. The van der Waals surface area contributed by atoms with E-state index in [1.807, 2.05) is 0 Å². The lowest BCUT2D eigenvalue weighted by Crippen LogP contribution is -2.62. The highest BCUT2D eigenvalue weighted by molar-refractivity contribution is 5.88. The molecule has 2 heterocycles. The van der Waals surface area contributed by atoms with Gasteiger partial charge in [-0.2, -0.15) is 0 Å². The van der Waals surface area contributed by atoms with Gasteiger partial charge in [-0.05, 0) is 44.0 Å². The second kappa shape index (κ2) is 4.07. The molecule has 4 nitrogen and oxygen atoms in total. The first-order valence-electron chi connectivity index (χ1n) is 7.38. The van der Waals surface area contributed by atoms with Crippen molar-refractivity contribution in [3.05, 3.63) is 35.5 Å². The monoisotopic (exact) mass is 270 g/mol. The Kier molecular flexibility index (Phi) is 2.52. The Morgan fingerprint density at radius 2 is 2.30 bits per heavy atom. The lowest BCUT2D eigenvalue weighted by atomic mass is 9.70. The van der Waals surface area contributed by atoms with Gasteiger partial charge in [-0.25, -0.2) is 0 Å². The van der Waals surface area contributed by atoms with Gasteiger partial charge in [-0.15, -0.1) is 0 Å². The number of benzene rings is 1. The molecule has 106 valence electrons. The quantitative estimate of drug-likeness (QED) is 0.546. The number of hydrazine groups is 1. The van der Waals surface area contributed by atoms with Crippen molar-refractivity contribution in [1.82, 2.24) is 15.3 Å². The number of aromatic amines is 1. The van der Waals surface area contributed by atoms with Crippen LogP contribution in [-0.4, -0.2) is 35.1 Å². The summed E-state index contributed by atoms with van der Waals surface area (Å²) in [7, 11) is 2.23. The van der Waals surface area contributed by atoms with Gasteiger partial charge in [-0.3, -0.25) is 11.3 Å². The number of nitrogens with zero attached hydrogens (tertiary/aromatic N) is 1. The summed E-state index contributed by atoms with van der Waals surface area (Å²) in [5.41, 5.74) is 7.26. The third-order valence-electron chi connectivity index (χ3n) is 5.30. The van der Waals surface area contributed by atoms with E-state index in [9.17, 15) is 0 Å². The molecular formula is C16H22N4. The van der Waals surface area contributed by atoms with Crippen LogP contribution in [0.4, 0.5) is 0 Å². The summed E-state index contributed by atoms with van der Waals surface area (Å²) in [6, 6.07) is 7.23. The molecule has 0 amide bonds. The van der Waals surface area contributed by atoms with Crippen molar-refractivity contribution in [3.63, 3.8) is 0 Å². The normalized spacial score (nSPS) is 33.4. The van der Waals surface area contributed by atoms with E-state index >= 15 is 0 Å². The van der Waals surface area contributed by atoms with Crippen molar-refractivity contribution in [1.29, 1.82) is 0 Å². The van der Waals surface area contributed by atoms with Crippen molar-refractivity contribution in [2.24, 2.45) is 5.84 Å². The van der Waals surface area contributed by atoms with Crippen LogP contribution in [0.5, 0.6) is 0 Å². The van der Waals surface area contributed by atoms with Crippen LogP contribution in [-0.2, 0) is 6.42 Å². The molecule has 4 heteroatoms. The number of aromatic nitrogens is 1. The maximum absolute atomic E-state index is 5.81. The van der Waals surface area contributed by atoms with Gasteiger partial charge in [0.05, 0.1) is 0 Å². The molecule has 1 aromatic heterocycles. The summed E-state index contributed by atoms with van der Waals surface area (Å²) in [6.45, 7) is 3.23. The standard InChI is InChI=1S/C16H22N4/c1-16(19-17)7-12-11-4-3-5-13-15(11)10(8-18-13)6-14(12)20(2)9-16/h3-5,8,12,14,18-19H,6-7,9,17H2,1-2H3/t12-,14-,16-/m1/s1. The van der Waals surface area contributed by atoms with Crippen molar-refractivity contribution >= 4 is 10.9 Å². The molecule has 2 aliphatic rings. The second-order valence-electron chi connectivity index (χ2n) is 6.79. The molecule has 4 N–H and O–H groups in total. The zero-order valence-electron chi connectivity index (χ0n) is 12.1. The molecule has 4 rings (SSSR count). The molecule has 0 unspecified atom stereocenters. The van der Waals surface area contributed by atoms with Crippen molar-refractivity contribution in [2.45, 2.75) is 37.3 Å². The Labute approximate surface area is 119 Å². The molecule has 1 fully saturated rings. The molecule has 1 aromatic carbocycles. The second-order valence-corrected chi connectivity index (χ2v) is 6.79.